The van der Waals surface area contributed by atoms with Crippen LogP contribution in [0.25, 0.3) is 0 Å². The van der Waals surface area contributed by atoms with Gasteiger partial charge in [-0.25, -0.2) is 4.98 Å². The monoisotopic (exact) mass is 469 g/mol. The molecule has 0 radical (unpaired) electrons. The molecule has 166 valence electrons. The molecule has 0 spiro atoms. The number of amides is 1. The minimum atomic E-state index is -0.593. The Balaban J connectivity index is 1.83. The van der Waals surface area contributed by atoms with Gasteiger partial charge in [-0.3, -0.25) is 9.59 Å². The number of halogens is 2. The predicted molar refractivity (Wildman–Crippen MR) is 128 cm³/mol. The van der Waals surface area contributed by atoms with Crippen molar-refractivity contribution in [2.24, 2.45) is 5.41 Å². The molecule has 2 aromatic rings. The maximum Gasteiger partial charge on any atom is 0.255 e. The molecule has 0 bridgehead atoms. The van der Waals surface area contributed by atoms with Crippen LogP contribution in [0.5, 0.6) is 0 Å². The Labute approximate surface area is 197 Å². The third-order valence-electron chi connectivity index (χ3n) is 5.91. The number of pyridine rings is 1. The van der Waals surface area contributed by atoms with Crippen LogP contribution in [0.2, 0.25) is 10.0 Å². The van der Waals surface area contributed by atoms with Crippen molar-refractivity contribution in [3.63, 3.8) is 0 Å². The van der Waals surface area contributed by atoms with Crippen molar-refractivity contribution in [2.45, 2.75) is 46.5 Å². The molecule has 0 saturated heterocycles. The highest BCUT2D eigenvalue weighted by molar-refractivity contribution is 6.35. The summed E-state index contributed by atoms with van der Waals surface area (Å²) in [7, 11) is 0. The van der Waals surface area contributed by atoms with Crippen LogP contribution in [-0.4, -0.2) is 16.7 Å². The molecule has 1 unspecified atom stereocenters. The van der Waals surface area contributed by atoms with Gasteiger partial charge in [-0.05, 0) is 55.0 Å². The smallest absolute Gasteiger partial charge is 0.255 e. The Kier molecular flexibility index (Phi) is 5.91. The third-order valence-corrected chi connectivity index (χ3v) is 6.47. The number of hydrogen-bond donors (Lipinski definition) is 2. The summed E-state index contributed by atoms with van der Waals surface area (Å²) < 4.78 is 0. The first kappa shape index (κ1) is 22.6. The lowest BCUT2D eigenvalue weighted by Crippen LogP contribution is -2.39. The van der Waals surface area contributed by atoms with E-state index in [0.29, 0.717) is 51.1 Å². The third kappa shape index (κ3) is 4.32. The number of carbonyl (C=O) groups is 2. The summed E-state index contributed by atoms with van der Waals surface area (Å²) in [5.74, 6) is -0.458. The van der Waals surface area contributed by atoms with Gasteiger partial charge in [-0.1, -0.05) is 49.2 Å². The van der Waals surface area contributed by atoms with Gasteiger partial charge in [-0.15, -0.1) is 0 Å². The first-order valence-electron chi connectivity index (χ1n) is 10.5. The first-order valence-corrected chi connectivity index (χ1v) is 11.2. The number of dihydropyridines is 1. The number of Topliss-reactive ketones (excluding diaryl/α,β-unsaturated/α-hetero) is 1. The fraction of sp³-hybridized carbons (Fsp3) is 0.320. The summed E-state index contributed by atoms with van der Waals surface area (Å²) in [6, 6.07) is 8.80. The number of hydrogen-bond acceptors (Lipinski definition) is 4. The van der Waals surface area contributed by atoms with Gasteiger partial charge in [0.15, 0.2) is 5.78 Å². The SMILES string of the molecule is CC1=C(C(=O)Nc2ccc(C)cn2)C(c2ccc(Cl)cc2Cl)C2=C(CC(C)(C)CC2=O)N1. The molecule has 2 heterocycles. The van der Waals surface area contributed by atoms with E-state index in [0.717, 1.165) is 11.3 Å². The number of aryl methyl sites for hydroxylation is 1. The number of carbonyl (C=O) groups excluding carboxylic acids is 2. The topological polar surface area (TPSA) is 71.1 Å². The lowest BCUT2D eigenvalue weighted by atomic mass is 9.68. The van der Waals surface area contributed by atoms with E-state index in [2.05, 4.69) is 29.5 Å². The number of nitrogens with zero attached hydrogens (tertiary/aromatic N) is 1. The Morgan fingerprint density at radius 1 is 1.16 bits per heavy atom. The molecular formula is C25H25Cl2N3O2. The molecule has 5 nitrogen and oxygen atoms in total. The van der Waals surface area contributed by atoms with Gasteiger partial charge in [0.2, 0.25) is 0 Å². The summed E-state index contributed by atoms with van der Waals surface area (Å²) >= 11 is 12.7. The van der Waals surface area contributed by atoms with Gasteiger partial charge in [0.25, 0.3) is 5.91 Å². The Morgan fingerprint density at radius 2 is 1.91 bits per heavy atom. The van der Waals surface area contributed by atoms with Crippen LogP contribution < -0.4 is 10.6 Å². The normalized spacial score (nSPS) is 20.1. The van der Waals surface area contributed by atoms with E-state index >= 15 is 0 Å². The summed E-state index contributed by atoms with van der Waals surface area (Å²) in [6.07, 6.45) is 2.81. The lowest BCUT2D eigenvalue weighted by molar-refractivity contribution is -0.118. The van der Waals surface area contributed by atoms with Crippen LogP contribution in [0, 0.1) is 12.3 Å². The summed E-state index contributed by atoms with van der Waals surface area (Å²) in [4.78, 5) is 31.1. The molecule has 4 rings (SSSR count). The van der Waals surface area contributed by atoms with E-state index in [9.17, 15) is 9.59 Å². The van der Waals surface area contributed by atoms with Crippen molar-refractivity contribution in [3.8, 4) is 0 Å². The van der Waals surface area contributed by atoms with Gasteiger partial charge in [0.1, 0.15) is 5.82 Å². The van der Waals surface area contributed by atoms with E-state index in [-0.39, 0.29) is 17.1 Å². The molecule has 1 aromatic carbocycles. The molecule has 1 aliphatic carbocycles. The van der Waals surface area contributed by atoms with E-state index in [1.807, 2.05) is 19.9 Å². The molecule has 0 fully saturated rings. The first-order chi connectivity index (χ1) is 15.1. The van der Waals surface area contributed by atoms with Crippen molar-refractivity contribution in [1.82, 2.24) is 10.3 Å². The number of ketones is 1. The van der Waals surface area contributed by atoms with Crippen LogP contribution in [0.1, 0.15) is 50.7 Å². The van der Waals surface area contributed by atoms with E-state index in [1.54, 1.807) is 30.5 Å². The fourth-order valence-electron chi connectivity index (χ4n) is 4.51. The Morgan fingerprint density at radius 3 is 2.56 bits per heavy atom. The minimum Gasteiger partial charge on any atom is -0.362 e. The molecule has 32 heavy (non-hydrogen) atoms. The zero-order chi connectivity index (χ0) is 23.2. The minimum absolute atomic E-state index is 0.0195. The van der Waals surface area contributed by atoms with Gasteiger partial charge in [0, 0.05) is 51.1 Å². The largest absolute Gasteiger partial charge is 0.362 e. The van der Waals surface area contributed by atoms with Crippen molar-refractivity contribution in [2.75, 3.05) is 5.32 Å². The molecule has 1 aliphatic heterocycles. The summed E-state index contributed by atoms with van der Waals surface area (Å²) in [5, 5.41) is 7.14. The molecule has 1 aromatic heterocycles. The van der Waals surface area contributed by atoms with Crippen molar-refractivity contribution < 1.29 is 9.59 Å². The average Bonchev–Trinajstić information content (AvgIpc) is 2.67. The fourth-order valence-corrected chi connectivity index (χ4v) is 5.03. The van der Waals surface area contributed by atoms with Crippen LogP contribution in [-0.2, 0) is 9.59 Å². The molecule has 7 heteroatoms. The molecule has 2 aliphatic rings. The van der Waals surface area contributed by atoms with Crippen LogP contribution >= 0.6 is 23.2 Å². The molecule has 1 atom stereocenters. The second-order valence-electron chi connectivity index (χ2n) is 9.27. The zero-order valence-electron chi connectivity index (χ0n) is 18.5. The highest BCUT2D eigenvalue weighted by Gasteiger charge is 2.43. The van der Waals surface area contributed by atoms with Crippen molar-refractivity contribution in [3.05, 3.63) is 80.2 Å². The predicted octanol–water partition coefficient (Wildman–Crippen LogP) is 5.94. The van der Waals surface area contributed by atoms with Crippen LogP contribution in [0.3, 0.4) is 0 Å². The number of benzene rings is 1. The van der Waals surface area contributed by atoms with Crippen LogP contribution in [0.15, 0.2) is 59.1 Å². The van der Waals surface area contributed by atoms with Crippen LogP contribution in [0.4, 0.5) is 5.82 Å². The maximum absolute atomic E-state index is 13.5. The highest BCUT2D eigenvalue weighted by Crippen LogP contribution is 2.48. The van der Waals surface area contributed by atoms with Crippen molar-refractivity contribution in [1.29, 1.82) is 0 Å². The number of allylic oxidation sites excluding steroid dienone is 3. The number of anilines is 1. The second-order valence-corrected chi connectivity index (χ2v) is 10.1. The summed E-state index contributed by atoms with van der Waals surface area (Å²) in [5.41, 5.74) is 4.10. The van der Waals surface area contributed by atoms with Gasteiger partial charge >= 0.3 is 0 Å². The second kappa shape index (κ2) is 8.38. The quantitative estimate of drug-likeness (QED) is 0.583. The van der Waals surface area contributed by atoms with Gasteiger partial charge < -0.3 is 10.6 Å². The van der Waals surface area contributed by atoms with Gasteiger partial charge in [0.05, 0.1) is 0 Å². The van der Waals surface area contributed by atoms with Crippen molar-refractivity contribution >= 4 is 40.7 Å². The molecular weight excluding hydrogens is 445 g/mol. The lowest BCUT2D eigenvalue weighted by Gasteiger charge is -2.39. The molecule has 2 N–H and O–H groups in total. The summed E-state index contributed by atoms with van der Waals surface area (Å²) in [6.45, 7) is 7.93. The number of rotatable bonds is 3. The van der Waals surface area contributed by atoms with E-state index in [1.165, 1.54) is 0 Å². The Hall–Kier alpha value is -2.63. The zero-order valence-corrected chi connectivity index (χ0v) is 20.0. The van der Waals surface area contributed by atoms with Gasteiger partial charge in [-0.2, -0.15) is 0 Å². The molecule has 1 amide bonds. The standard InChI is InChI=1S/C25H25Cl2N3O2/c1-13-5-8-20(28-12-13)30-24(32)21-14(2)29-18-10-25(3,4)11-19(31)23(18)22(21)16-7-6-15(26)9-17(16)27/h5-9,12,22,29H,10-11H2,1-4H3,(H,28,30,32). The van der Waals surface area contributed by atoms with E-state index in [4.69, 9.17) is 23.2 Å². The Bertz CT molecular complexity index is 1180. The average molecular weight is 470 g/mol. The number of nitrogens with one attached hydrogen (secondary N) is 2. The molecule has 0 saturated carbocycles. The highest BCUT2D eigenvalue weighted by atomic mass is 35.5. The van der Waals surface area contributed by atoms with E-state index < -0.39 is 5.92 Å². The number of aromatic nitrogens is 1. The maximum atomic E-state index is 13.5.